The zero-order chi connectivity index (χ0) is 13.9. The Bertz CT molecular complexity index is 528. The molecule has 1 aromatic carbocycles. The minimum absolute atomic E-state index is 0.106. The Morgan fingerprint density at radius 1 is 1.16 bits per heavy atom. The van der Waals surface area contributed by atoms with Crippen molar-refractivity contribution in [2.75, 3.05) is 6.54 Å². The molecule has 1 N–H and O–H groups in total. The van der Waals surface area contributed by atoms with E-state index in [0.717, 1.165) is 23.0 Å². The van der Waals surface area contributed by atoms with Crippen molar-refractivity contribution in [1.82, 2.24) is 15.5 Å². The first kappa shape index (κ1) is 14.2. The van der Waals surface area contributed by atoms with Gasteiger partial charge in [0.15, 0.2) is 0 Å². The number of nitrogens with zero attached hydrogens (tertiary/aromatic N) is 2. The maximum Gasteiger partial charge on any atom is 0.247 e. The van der Waals surface area contributed by atoms with Crippen LogP contribution in [-0.2, 0) is 6.42 Å². The molecule has 0 aliphatic rings. The van der Waals surface area contributed by atoms with Crippen LogP contribution in [0, 0.1) is 0 Å². The lowest BCUT2D eigenvalue weighted by atomic mass is 10.1. The minimum Gasteiger partial charge on any atom is -0.421 e. The molecule has 2 aromatic rings. The Balaban J connectivity index is 1.97. The Morgan fingerprint density at radius 2 is 1.84 bits per heavy atom. The van der Waals surface area contributed by atoms with Crippen LogP contribution in [0.1, 0.15) is 26.7 Å². The molecule has 102 valence electrons. The third kappa shape index (κ3) is 4.44. The second-order valence-electron chi connectivity index (χ2n) is 5.43. The molecule has 1 heterocycles. The van der Waals surface area contributed by atoms with Gasteiger partial charge in [0.1, 0.15) is 0 Å². The minimum atomic E-state index is 0.106. The lowest BCUT2D eigenvalue weighted by Crippen LogP contribution is -2.37. The van der Waals surface area contributed by atoms with Crippen LogP contribution in [0.25, 0.3) is 11.5 Å². The maximum atomic E-state index is 5.65. The van der Waals surface area contributed by atoms with E-state index in [-0.39, 0.29) is 5.54 Å². The molecule has 0 spiro atoms. The highest BCUT2D eigenvalue weighted by Gasteiger charge is 2.11. The van der Waals surface area contributed by atoms with E-state index in [1.54, 1.807) is 0 Å². The van der Waals surface area contributed by atoms with E-state index in [4.69, 9.17) is 4.42 Å². The van der Waals surface area contributed by atoms with Crippen molar-refractivity contribution in [2.45, 2.75) is 32.7 Å². The first-order chi connectivity index (χ1) is 8.94. The van der Waals surface area contributed by atoms with Crippen molar-refractivity contribution in [1.29, 1.82) is 0 Å². The highest BCUT2D eigenvalue weighted by Crippen LogP contribution is 2.20. The highest BCUT2D eigenvalue weighted by atomic mass is 79.9. The van der Waals surface area contributed by atoms with E-state index in [9.17, 15) is 0 Å². The second kappa shape index (κ2) is 5.84. The van der Waals surface area contributed by atoms with Gasteiger partial charge >= 0.3 is 0 Å². The number of hydrogen-bond acceptors (Lipinski definition) is 4. The summed E-state index contributed by atoms with van der Waals surface area (Å²) in [4.78, 5) is 0. The first-order valence-corrected chi connectivity index (χ1v) is 7.07. The van der Waals surface area contributed by atoms with E-state index < -0.39 is 0 Å². The third-order valence-electron chi connectivity index (χ3n) is 2.55. The summed E-state index contributed by atoms with van der Waals surface area (Å²) in [7, 11) is 0. The van der Waals surface area contributed by atoms with Crippen LogP contribution in [0.4, 0.5) is 0 Å². The molecule has 0 aliphatic heterocycles. The molecule has 19 heavy (non-hydrogen) atoms. The van der Waals surface area contributed by atoms with Crippen LogP contribution in [0.5, 0.6) is 0 Å². The van der Waals surface area contributed by atoms with Crippen LogP contribution in [-0.4, -0.2) is 22.3 Å². The molecule has 0 atom stereocenters. The first-order valence-electron chi connectivity index (χ1n) is 6.27. The predicted octanol–water partition coefficient (Wildman–Crippen LogP) is 3.43. The van der Waals surface area contributed by atoms with E-state index in [1.807, 2.05) is 24.3 Å². The highest BCUT2D eigenvalue weighted by molar-refractivity contribution is 9.10. The molecule has 0 bridgehead atoms. The molecule has 2 rings (SSSR count). The van der Waals surface area contributed by atoms with Gasteiger partial charge < -0.3 is 9.73 Å². The smallest absolute Gasteiger partial charge is 0.247 e. The van der Waals surface area contributed by atoms with Crippen LogP contribution in [0.15, 0.2) is 33.2 Å². The fourth-order valence-electron chi connectivity index (χ4n) is 1.61. The van der Waals surface area contributed by atoms with Gasteiger partial charge in [-0.1, -0.05) is 15.9 Å². The van der Waals surface area contributed by atoms with Gasteiger partial charge in [-0.15, -0.1) is 10.2 Å². The number of halogens is 1. The number of aromatic nitrogens is 2. The normalized spacial score (nSPS) is 11.8. The Hall–Kier alpha value is -1.20. The summed E-state index contributed by atoms with van der Waals surface area (Å²) in [6, 6.07) is 7.82. The van der Waals surface area contributed by atoms with E-state index in [1.165, 1.54) is 0 Å². The molecule has 0 unspecified atom stereocenters. The molecule has 0 fully saturated rings. The standard InChI is InChI=1S/C14H18BrN3O/c1-14(2,3)16-9-8-12-17-18-13(19-12)10-4-6-11(15)7-5-10/h4-7,16H,8-9H2,1-3H3. The summed E-state index contributed by atoms with van der Waals surface area (Å²) in [6.07, 6.45) is 0.737. The van der Waals surface area contributed by atoms with E-state index in [0.29, 0.717) is 11.8 Å². The van der Waals surface area contributed by atoms with Crippen LogP contribution < -0.4 is 5.32 Å². The van der Waals surface area contributed by atoms with Gasteiger partial charge in [-0.3, -0.25) is 0 Å². The average molecular weight is 324 g/mol. The van der Waals surface area contributed by atoms with Crippen LogP contribution in [0.3, 0.4) is 0 Å². The number of hydrogen-bond donors (Lipinski definition) is 1. The topological polar surface area (TPSA) is 51.0 Å². The van der Waals surface area contributed by atoms with Gasteiger partial charge in [-0.25, -0.2) is 0 Å². The van der Waals surface area contributed by atoms with E-state index >= 15 is 0 Å². The summed E-state index contributed by atoms with van der Waals surface area (Å²) in [5, 5.41) is 11.5. The maximum absolute atomic E-state index is 5.65. The summed E-state index contributed by atoms with van der Waals surface area (Å²) in [6.45, 7) is 7.22. The van der Waals surface area contributed by atoms with Crippen molar-refractivity contribution >= 4 is 15.9 Å². The largest absolute Gasteiger partial charge is 0.421 e. The van der Waals surface area contributed by atoms with Gasteiger partial charge in [0.05, 0.1) is 0 Å². The zero-order valence-corrected chi connectivity index (χ0v) is 13.0. The number of nitrogens with one attached hydrogen (secondary N) is 1. The van der Waals surface area contributed by atoms with Crippen LogP contribution >= 0.6 is 15.9 Å². The monoisotopic (exact) mass is 323 g/mol. The van der Waals surface area contributed by atoms with Crippen molar-refractivity contribution in [3.63, 3.8) is 0 Å². The second-order valence-corrected chi connectivity index (χ2v) is 6.35. The summed E-state index contributed by atoms with van der Waals surface area (Å²) in [5.41, 5.74) is 1.04. The molecule has 0 saturated carbocycles. The fourth-order valence-corrected chi connectivity index (χ4v) is 1.87. The van der Waals surface area contributed by atoms with Gasteiger partial charge in [-0.2, -0.15) is 0 Å². The lowest BCUT2D eigenvalue weighted by Gasteiger charge is -2.19. The van der Waals surface area contributed by atoms with Gasteiger partial charge in [0, 0.05) is 28.5 Å². The van der Waals surface area contributed by atoms with Crippen LogP contribution in [0.2, 0.25) is 0 Å². The van der Waals surface area contributed by atoms with Gasteiger partial charge in [0.25, 0.3) is 0 Å². The van der Waals surface area contributed by atoms with Crippen molar-refractivity contribution in [2.24, 2.45) is 0 Å². The molecular formula is C14H18BrN3O. The fraction of sp³-hybridized carbons (Fsp3) is 0.429. The molecule has 0 radical (unpaired) electrons. The molecular weight excluding hydrogens is 306 g/mol. The molecule has 4 nitrogen and oxygen atoms in total. The Morgan fingerprint density at radius 3 is 2.47 bits per heavy atom. The summed E-state index contributed by atoms with van der Waals surface area (Å²) >= 11 is 3.40. The SMILES string of the molecule is CC(C)(C)NCCc1nnc(-c2ccc(Br)cc2)o1. The molecule has 5 heteroatoms. The number of benzene rings is 1. The molecule has 1 aromatic heterocycles. The van der Waals surface area contributed by atoms with E-state index in [2.05, 4.69) is 52.2 Å². The zero-order valence-electron chi connectivity index (χ0n) is 11.4. The van der Waals surface area contributed by atoms with Crippen molar-refractivity contribution < 1.29 is 4.42 Å². The summed E-state index contributed by atoms with van der Waals surface area (Å²) < 4.78 is 6.68. The Kier molecular flexibility index (Phi) is 4.37. The predicted molar refractivity (Wildman–Crippen MR) is 78.9 cm³/mol. The molecule has 0 amide bonds. The lowest BCUT2D eigenvalue weighted by molar-refractivity contribution is 0.412. The number of rotatable bonds is 4. The van der Waals surface area contributed by atoms with Crippen molar-refractivity contribution in [3.8, 4) is 11.5 Å². The molecule has 0 saturated heterocycles. The average Bonchev–Trinajstić information content (AvgIpc) is 2.77. The van der Waals surface area contributed by atoms with Crippen molar-refractivity contribution in [3.05, 3.63) is 34.6 Å². The molecule has 0 aliphatic carbocycles. The third-order valence-corrected chi connectivity index (χ3v) is 3.08. The van der Waals surface area contributed by atoms with Gasteiger partial charge in [0.2, 0.25) is 11.8 Å². The van der Waals surface area contributed by atoms with Gasteiger partial charge in [-0.05, 0) is 45.0 Å². The Labute approximate surface area is 121 Å². The quantitative estimate of drug-likeness (QED) is 0.936. The summed E-state index contributed by atoms with van der Waals surface area (Å²) in [5.74, 6) is 1.23.